The van der Waals surface area contributed by atoms with Gasteiger partial charge >= 0.3 is 257 Å². The molecule has 2 aliphatic rings. The van der Waals surface area contributed by atoms with Gasteiger partial charge in [0.2, 0.25) is 0 Å². The number of fused-ring (bicyclic) bond motifs is 1. The average Bonchev–Trinajstić information content (AvgIpc) is 3.52. The van der Waals surface area contributed by atoms with E-state index < -0.39 is 51.9 Å². The number of hydrogen-bond acceptors (Lipinski definition) is 10. The standard InChI is InChI=1S/C27H27N3O10S3Se/c1-3-16(6-8-20-28(9-4-10-43(38,39)40)17-11-15(2)5-7-19(17)44-20)12-18-24(35)29(13-21(31)32)26(41-18)23-25(36)30(14-22(33)34)27(37)42-23/h5-8,11-12H,3-4,9-10,13-14H2,1-2H3,(H,31,32)(H,33,34)(H,38,39,40)/b16-6?,18-12?,20-8?,26-23+. The number of anilines is 1. The minimum atomic E-state index is -4.11. The van der Waals surface area contributed by atoms with E-state index in [0.717, 1.165) is 36.2 Å². The fraction of sp³-hybridized carbons (Fsp3) is 0.296. The molecule has 2 aliphatic heterocycles. The molecule has 44 heavy (non-hydrogen) atoms. The minimum absolute atomic E-state index is 0.0522. The number of thiazole rings is 1. The zero-order chi connectivity index (χ0) is 32.3. The van der Waals surface area contributed by atoms with Crippen LogP contribution in [0, 0.1) is 6.92 Å². The maximum absolute atomic E-state index is 13.3. The Balaban J connectivity index is 1.76. The summed E-state index contributed by atoms with van der Waals surface area (Å²) in [6.07, 6.45) is 5.96. The van der Waals surface area contributed by atoms with Gasteiger partial charge in [-0.25, -0.2) is 0 Å². The molecule has 0 saturated carbocycles. The predicted molar refractivity (Wildman–Crippen MR) is 167 cm³/mol. The molecule has 0 atom stereocenters. The Morgan fingerprint density at radius 2 is 1.77 bits per heavy atom. The van der Waals surface area contributed by atoms with Crippen LogP contribution in [0.2, 0.25) is 0 Å². The van der Waals surface area contributed by atoms with Crippen molar-refractivity contribution in [3.63, 3.8) is 0 Å². The van der Waals surface area contributed by atoms with Crippen molar-refractivity contribution < 1.29 is 42.4 Å². The molecule has 3 N–H and O–H groups in total. The van der Waals surface area contributed by atoms with E-state index in [4.69, 9.17) is 5.11 Å². The van der Waals surface area contributed by atoms with Crippen LogP contribution in [0.5, 0.6) is 0 Å². The summed E-state index contributed by atoms with van der Waals surface area (Å²) in [7, 11) is -4.11. The zero-order valence-corrected chi connectivity index (χ0v) is 27.5. The number of nitrogens with zero attached hydrogens (tertiary/aromatic N) is 3. The van der Waals surface area contributed by atoms with Gasteiger partial charge < -0.3 is 5.11 Å². The van der Waals surface area contributed by atoms with E-state index in [2.05, 4.69) is 0 Å². The van der Waals surface area contributed by atoms with E-state index in [1.165, 1.54) is 0 Å². The number of benzene rings is 1. The van der Waals surface area contributed by atoms with E-state index in [0.29, 0.717) is 35.2 Å². The van der Waals surface area contributed by atoms with Crippen molar-refractivity contribution in [3.05, 3.63) is 65.6 Å². The summed E-state index contributed by atoms with van der Waals surface area (Å²) in [5.41, 5.74) is 2.02. The molecule has 3 heterocycles. The van der Waals surface area contributed by atoms with Gasteiger partial charge in [0, 0.05) is 0 Å². The third-order valence-electron chi connectivity index (χ3n) is 6.37. The number of carbonyl (C=O) groups is 4. The molecule has 0 radical (unpaired) electrons. The van der Waals surface area contributed by atoms with Gasteiger partial charge in [0.15, 0.2) is 0 Å². The van der Waals surface area contributed by atoms with E-state index in [1.807, 2.05) is 49.1 Å². The third kappa shape index (κ3) is 7.78. The van der Waals surface area contributed by atoms with Crippen LogP contribution in [0.4, 0.5) is 10.5 Å². The van der Waals surface area contributed by atoms with Crippen LogP contribution in [0.25, 0.3) is 11.0 Å². The molecule has 2 aromatic rings. The number of aliphatic carboxylic acids is 2. The second-order valence-electron chi connectivity index (χ2n) is 9.65. The fourth-order valence-corrected chi connectivity index (χ4v) is 9.22. The number of amides is 2. The number of hydrogen-bond donors (Lipinski definition) is 3. The molecule has 4 rings (SSSR count). The summed E-state index contributed by atoms with van der Waals surface area (Å²) in [6, 6.07) is 6.04. The fourth-order valence-electron chi connectivity index (χ4n) is 4.35. The monoisotopic (exact) mass is 729 g/mol. The van der Waals surface area contributed by atoms with Crippen molar-refractivity contribution >= 4 is 92.4 Å². The molecule has 0 unspecified atom stereocenters. The van der Waals surface area contributed by atoms with Gasteiger partial charge in [0.05, 0.1) is 0 Å². The van der Waals surface area contributed by atoms with Crippen molar-refractivity contribution in [3.8, 4) is 0 Å². The number of carbonyl (C=O) groups excluding carboxylic acids is 2. The van der Waals surface area contributed by atoms with Gasteiger partial charge in [0.25, 0.3) is 0 Å². The van der Waals surface area contributed by atoms with Crippen LogP contribution >= 0.6 is 23.1 Å². The number of aryl methyl sites for hydroxylation is 1. The molecular formula is C27H27N3O10S3Se. The molecule has 1 aromatic carbocycles. The molecule has 1 saturated heterocycles. The van der Waals surface area contributed by atoms with Gasteiger partial charge in [-0.15, -0.1) is 0 Å². The third-order valence-corrected chi connectivity index (χ3v) is 11.8. The Hall–Kier alpha value is -3.47. The van der Waals surface area contributed by atoms with Crippen LogP contribution in [0.15, 0.2) is 45.3 Å². The Morgan fingerprint density at radius 3 is 2.41 bits per heavy atom. The van der Waals surface area contributed by atoms with Crippen molar-refractivity contribution in [1.29, 1.82) is 0 Å². The summed E-state index contributed by atoms with van der Waals surface area (Å²) in [6.45, 7) is 2.55. The molecule has 234 valence electrons. The van der Waals surface area contributed by atoms with Crippen molar-refractivity contribution in [2.75, 3.05) is 23.7 Å². The Morgan fingerprint density at radius 1 is 1.07 bits per heavy atom. The number of thioether (sulfide) groups is 1. The number of allylic oxidation sites excluding steroid dienone is 3. The van der Waals surface area contributed by atoms with Crippen molar-refractivity contribution in [1.82, 2.24) is 9.47 Å². The quantitative estimate of drug-likeness (QED) is 0.212. The van der Waals surface area contributed by atoms with Crippen molar-refractivity contribution in [2.45, 2.75) is 33.2 Å². The molecular weight excluding hydrogens is 701 g/mol. The number of rotatable bonds is 11. The summed E-state index contributed by atoms with van der Waals surface area (Å²) in [5.74, 6) is -4.04. The SMILES string of the molecule is CCC(=CC=C1[Se]c2ccc(C)cc2N1CCCS(=O)(=O)O)C=c1s/c(=C2/SC(=O)N(CC(=O)O)C2=O)n(CC(=O)O)c1=O. The number of carboxylic acids is 2. The summed E-state index contributed by atoms with van der Waals surface area (Å²) >= 11 is 1.18. The van der Waals surface area contributed by atoms with Gasteiger partial charge in [-0.2, -0.15) is 0 Å². The summed E-state index contributed by atoms with van der Waals surface area (Å²) in [4.78, 5) is 63.5. The predicted octanol–water partition coefficient (Wildman–Crippen LogP) is 0.277. The summed E-state index contributed by atoms with van der Waals surface area (Å²) < 4.78 is 34.8. The second kappa shape index (κ2) is 13.7. The van der Waals surface area contributed by atoms with E-state index in [-0.39, 0.29) is 41.2 Å². The molecule has 0 aliphatic carbocycles. The molecule has 17 heteroatoms. The van der Waals surface area contributed by atoms with Gasteiger partial charge in [-0.1, -0.05) is 0 Å². The Kier molecular flexibility index (Phi) is 10.4. The van der Waals surface area contributed by atoms with E-state index >= 15 is 0 Å². The topological polar surface area (TPSA) is 192 Å². The molecule has 1 aromatic heterocycles. The van der Waals surface area contributed by atoms with Gasteiger partial charge in [0.1, 0.15) is 0 Å². The van der Waals surface area contributed by atoms with Crippen LogP contribution in [0.3, 0.4) is 0 Å². The Bertz CT molecular complexity index is 1910. The molecule has 0 spiro atoms. The molecule has 1 fully saturated rings. The van der Waals surface area contributed by atoms with Gasteiger partial charge in [-0.3, -0.25) is 4.79 Å². The van der Waals surface area contributed by atoms with Crippen molar-refractivity contribution in [2.24, 2.45) is 0 Å². The van der Waals surface area contributed by atoms with E-state index in [9.17, 15) is 42.0 Å². The van der Waals surface area contributed by atoms with Crippen LogP contribution in [-0.2, 0) is 31.0 Å². The van der Waals surface area contributed by atoms with Crippen LogP contribution < -0.4 is 24.1 Å². The van der Waals surface area contributed by atoms with E-state index in [1.54, 1.807) is 6.08 Å². The first-order valence-electron chi connectivity index (χ1n) is 13.0. The second-order valence-corrected chi connectivity index (χ2v) is 15.4. The molecule has 2 amide bonds. The maximum atomic E-state index is 13.3. The zero-order valence-electron chi connectivity index (χ0n) is 23.4. The first-order chi connectivity index (χ1) is 20.7. The van der Waals surface area contributed by atoms with Crippen LogP contribution in [-0.4, -0.2) is 89.5 Å². The normalized spacial score (nSPS) is 18.1. The first-order valence-corrected chi connectivity index (χ1v) is 18.0. The number of aromatic nitrogens is 1. The summed E-state index contributed by atoms with van der Waals surface area (Å²) in [5, 5.41) is 17.6. The molecule has 13 nitrogen and oxygen atoms in total. The Labute approximate surface area is 265 Å². The van der Waals surface area contributed by atoms with Gasteiger partial charge in [-0.05, 0) is 0 Å². The molecule has 0 bridgehead atoms. The number of imide groups is 1. The first kappa shape index (κ1) is 33.4. The number of carboxylic acid groups (broad SMARTS) is 2. The average molecular weight is 729 g/mol. The van der Waals surface area contributed by atoms with Crippen LogP contribution in [0.1, 0.15) is 25.3 Å².